The Morgan fingerprint density at radius 3 is 2.58 bits per heavy atom. The summed E-state index contributed by atoms with van der Waals surface area (Å²) in [5, 5.41) is 12.1. The van der Waals surface area contributed by atoms with E-state index in [1.54, 1.807) is 0 Å². The lowest BCUT2D eigenvalue weighted by atomic mass is 9.84. The minimum absolute atomic E-state index is 0.190. The summed E-state index contributed by atoms with van der Waals surface area (Å²) in [6.07, 6.45) is 2.28. The number of piperidine rings is 3. The molecule has 2 amide bonds. The second kappa shape index (κ2) is 5.20. The number of nitrogens with one attached hydrogen (secondary N) is 1. The predicted octanol–water partition coefficient (Wildman–Crippen LogP) is 0.250. The third kappa shape index (κ3) is 2.53. The average molecular weight is 285 g/mol. The number of carbonyl (C=O) groups is 2. The van der Waals surface area contributed by atoms with Gasteiger partial charge in [0.2, 0.25) is 0 Å². The van der Waals surface area contributed by atoms with Gasteiger partial charge >= 0.3 is 12.0 Å². The number of thioether (sulfide) groups is 1. The summed E-state index contributed by atoms with van der Waals surface area (Å²) in [4.78, 5) is 27.1. The van der Waals surface area contributed by atoms with E-state index < -0.39 is 12.0 Å². The Kier molecular flexibility index (Phi) is 3.58. The van der Waals surface area contributed by atoms with Gasteiger partial charge in [0.05, 0.1) is 5.88 Å². The fourth-order valence-corrected chi connectivity index (χ4v) is 4.36. The number of carbonyl (C=O) groups excluding carboxylic acids is 1. The molecule has 0 aromatic rings. The van der Waals surface area contributed by atoms with Crippen LogP contribution in [0.5, 0.6) is 0 Å². The van der Waals surface area contributed by atoms with Gasteiger partial charge in [-0.2, -0.15) is 0 Å². The van der Waals surface area contributed by atoms with Crippen LogP contribution in [0.15, 0.2) is 0 Å². The quantitative estimate of drug-likeness (QED) is 0.761. The fraction of sp³-hybridized carbons (Fsp3) is 0.833. The number of amides is 2. The molecule has 4 saturated heterocycles. The summed E-state index contributed by atoms with van der Waals surface area (Å²) in [6.45, 7) is 3.18. The molecule has 1 unspecified atom stereocenters. The first kappa shape index (κ1) is 13.1. The SMILES string of the molecule is O=C(O)[C@@H]1CSCN1C(=O)NC1CN2CCC1CC2. The highest BCUT2D eigenvalue weighted by molar-refractivity contribution is 7.99. The Balaban J connectivity index is 1.60. The number of hydrogen-bond acceptors (Lipinski definition) is 4. The van der Waals surface area contributed by atoms with Crippen LogP contribution in [0.4, 0.5) is 4.79 Å². The Morgan fingerprint density at radius 1 is 1.26 bits per heavy atom. The largest absolute Gasteiger partial charge is 0.480 e. The molecule has 19 heavy (non-hydrogen) atoms. The van der Waals surface area contributed by atoms with E-state index >= 15 is 0 Å². The van der Waals surface area contributed by atoms with Crippen molar-refractivity contribution in [1.82, 2.24) is 15.1 Å². The zero-order valence-corrected chi connectivity index (χ0v) is 11.6. The zero-order valence-electron chi connectivity index (χ0n) is 10.7. The zero-order chi connectivity index (χ0) is 13.4. The maximum absolute atomic E-state index is 12.2. The molecule has 2 atom stereocenters. The van der Waals surface area contributed by atoms with Gasteiger partial charge in [0.15, 0.2) is 0 Å². The molecule has 7 heteroatoms. The summed E-state index contributed by atoms with van der Waals surface area (Å²) in [6, 6.07) is -0.697. The summed E-state index contributed by atoms with van der Waals surface area (Å²) in [5.74, 6) is 0.619. The predicted molar refractivity (Wildman–Crippen MR) is 72.1 cm³/mol. The van der Waals surface area contributed by atoms with Gasteiger partial charge in [0, 0.05) is 18.3 Å². The molecule has 0 aromatic heterocycles. The number of aliphatic carboxylic acids is 1. The van der Waals surface area contributed by atoms with Crippen molar-refractivity contribution in [3.05, 3.63) is 0 Å². The first-order chi connectivity index (χ1) is 9.15. The van der Waals surface area contributed by atoms with Crippen molar-refractivity contribution in [3.63, 3.8) is 0 Å². The third-order valence-electron chi connectivity index (χ3n) is 4.39. The van der Waals surface area contributed by atoms with Gasteiger partial charge in [-0.25, -0.2) is 9.59 Å². The minimum Gasteiger partial charge on any atom is -0.480 e. The van der Waals surface area contributed by atoms with Crippen LogP contribution < -0.4 is 5.32 Å². The highest BCUT2D eigenvalue weighted by Gasteiger charge is 2.39. The molecule has 6 nitrogen and oxygen atoms in total. The van der Waals surface area contributed by atoms with E-state index in [0.717, 1.165) is 32.5 Å². The van der Waals surface area contributed by atoms with Crippen LogP contribution in [0.25, 0.3) is 0 Å². The molecule has 2 N–H and O–H groups in total. The normalized spacial score (nSPS) is 37.4. The Bertz CT molecular complexity index is 384. The number of nitrogens with zero attached hydrogens (tertiary/aromatic N) is 2. The van der Waals surface area contributed by atoms with Crippen LogP contribution in [0, 0.1) is 5.92 Å². The van der Waals surface area contributed by atoms with E-state index in [0.29, 0.717) is 17.5 Å². The lowest BCUT2D eigenvalue weighted by Gasteiger charge is -2.45. The summed E-state index contributed by atoms with van der Waals surface area (Å²) < 4.78 is 0. The monoisotopic (exact) mass is 285 g/mol. The molecule has 4 aliphatic heterocycles. The molecule has 4 heterocycles. The van der Waals surface area contributed by atoms with Crippen molar-refractivity contribution >= 4 is 23.8 Å². The van der Waals surface area contributed by atoms with Gasteiger partial charge < -0.3 is 20.2 Å². The fourth-order valence-electron chi connectivity index (χ4n) is 3.22. The van der Waals surface area contributed by atoms with Crippen LogP contribution in [0.1, 0.15) is 12.8 Å². The molecule has 0 radical (unpaired) electrons. The van der Waals surface area contributed by atoms with E-state index in [1.165, 1.54) is 16.7 Å². The second-order valence-electron chi connectivity index (χ2n) is 5.52. The number of urea groups is 1. The van der Waals surface area contributed by atoms with Gasteiger partial charge in [-0.05, 0) is 31.8 Å². The first-order valence-electron chi connectivity index (χ1n) is 6.75. The van der Waals surface area contributed by atoms with Crippen molar-refractivity contribution in [2.45, 2.75) is 24.9 Å². The molecule has 0 aromatic carbocycles. The lowest BCUT2D eigenvalue weighted by Crippen LogP contribution is -2.60. The summed E-state index contributed by atoms with van der Waals surface area (Å²) in [7, 11) is 0. The Labute approximate surface area is 116 Å². The molecular formula is C12H19N3O3S. The van der Waals surface area contributed by atoms with Crippen LogP contribution in [0.2, 0.25) is 0 Å². The topological polar surface area (TPSA) is 72.9 Å². The van der Waals surface area contributed by atoms with Crippen molar-refractivity contribution in [2.24, 2.45) is 5.92 Å². The van der Waals surface area contributed by atoms with Crippen LogP contribution >= 0.6 is 11.8 Å². The summed E-state index contributed by atoms with van der Waals surface area (Å²) >= 11 is 1.50. The number of carboxylic acids is 1. The molecule has 2 bridgehead atoms. The molecule has 106 valence electrons. The standard InChI is InChI=1S/C12H19N3O3S/c16-11(17)10-6-19-7-15(10)12(18)13-9-5-14-3-1-8(9)2-4-14/h8-10H,1-7H2,(H,13,18)(H,16,17)/t9?,10-/m0/s1. The lowest BCUT2D eigenvalue weighted by molar-refractivity contribution is -0.140. The number of rotatable bonds is 2. The minimum atomic E-state index is -0.908. The first-order valence-corrected chi connectivity index (χ1v) is 7.90. The Morgan fingerprint density at radius 2 is 2.00 bits per heavy atom. The van der Waals surface area contributed by atoms with Crippen molar-refractivity contribution < 1.29 is 14.7 Å². The van der Waals surface area contributed by atoms with Gasteiger partial charge in [-0.3, -0.25) is 0 Å². The molecule has 4 fully saturated rings. The van der Waals surface area contributed by atoms with E-state index in [9.17, 15) is 9.59 Å². The van der Waals surface area contributed by atoms with Crippen LogP contribution in [-0.4, -0.2) is 70.3 Å². The average Bonchev–Trinajstić information content (AvgIpc) is 2.89. The third-order valence-corrected chi connectivity index (χ3v) is 5.41. The van der Waals surface area contributed by atoms with E-state index in [1.807, 2.05) is 0 Å². The van der Waals surface area contributed by atoms with Crippen molar-refractivity contribution in [2.75, 3.05) is 31.3 Å². The molecule has 4 rings (SSSR count). The van der Waals surface area contributed by atoms with Crippen molar-refractivity contribution in [3.8, 4) is 0 Å². The maximum atomic E-state index is 12.2. The van der Waals surface area contributed by atoms with E-state index in [2.05, 4.69) is 10.2 Å². The molecule has 0 saturated carbocycles. The Hall–Kier alpha value is -0.950. The second-order valence-corrected chi connectivity index (χ2v) is 6.52. The summed E-state index contributed by atoms with van der Waals surface area (Å²) in [5.41, 5.74) is 0. The van der Waals surface area contributed by atoms with Crippen LogP contribution in [0.3, 0.4) is 0 Å². The van der Waals surface area contributed by atoms with E-state index in [-0.39, 0.29) is 12.1 Å². The smallest absolute Gasteiger partial charge is 0.327 e. The van der Waals surface area contributed by atoms with Gasteiger partial charge in [0.25, 0.3) is 0 Å². The maximum Gasteiger partial charge on any atom is 0.327 e. The van der Waals surface area contributed by atoms with Crippen LogP contribution in [-0.2, 0) is 4.79 Å². The van der Waals surface area contributed by atoms with Gasteiger partial charge in [0.1, 0.15) is 6.04 Å². The number of carboxylic acid groups (broad SMARTS) is 1. The molecule has 0 spiro atoms. The molecular weight excluding hydrogens is 266 g/mol. The van der Waals surface area contributed by atoms with Gasteiger partial charge in [-0.1, -0.05) is 0 Å². The number of hydrogen-bond donors (Lipinski definition) is 2. The number of fused-ring (bicyclic) bond motifs is 3. The highest BCUT2D eigenvalue weighted by atomic mass is 32.2. The molecule has 4 aliphatic rings. The van der Waals surface area contributed by atoms with Gasteiger partial charge in [-0.15, -0.1) is 11.8 Å². The highest BCUT2D eigenvalue weighted by Crippen LogP contribution is 2.28. The van der Waals surface area contributed by atoms with Crippen molar-refractivity contribution in [1.29, 1.82) is 0 Å². The molecule has 0 aliphatic carbocycles. The van der Waals surface area contributed by atoms with E-state index in [4.69, 9.17) is 5.11 Å².